The molecule has 1 aromatic carbocycles. The van der Waals surface area contributed by atoms with Crippen molar-refractivity contribution >= 4 is 23.2 Å². The molecule has 3 heteroatoms. The highest BCUT2D eigenvalue weighted by atomic mass is 35.5. The second-order valence-electron chi connectivity index (χ2n) is 5.61. The summed E-state index contributed by atoms with van der Waals surface area (Å²) in [5.41, 5.74) is 1.29. The van der Waals surface area contributed by atoms with Gasteiger partial charge in [0.15, 0.2) is 0 Å². The van der Waals surface area contributed by atoms with Crippen LogP contribution in [0.4, 0.5) is 0 Å². The van der Waals surface area contributed by atoms with Crippen LogP contribution in [0.3, 0.4) is 0 Å². The topological polar surface area (TPSA) is 12.0 Å². The van der Waals surface area contributed by atoms with E-state index < -0.39 is 0 Å². The maximum atomic E-state index is 6.19. The van der Waals surface area contributed by atoms with Gasteiger partial charge in [-0.3, -0.25) is 0 Å². The number of rotatable bonds is 5. The SMILES string of the molecule is CC(C)NCC(C)(C)Cc1cc(Cl)ccc1Cl. The second kappa shape index (κ2) is 6.08. The predicted molar refractivity (Wildman–Crippen MR) is 77.1 cm³/mol. The van der Waals surface area contributed by atoms with Crippen LogP contribution in [0.1, 0.15) is 33.3 Å². The summed E-state index contributed by atoms with van der Waals surface area (Å²) in [5.74, 6) is 0. The highest BCUT2D eigenvalue weighted by Crippen LogP contribution is 2.28. The molecule has 96 valence electrons. The van der Waals surface area contributed by atoms with E-state index in [4.69, 9.17) is 23.2 Å². The Morgan fingerprint density at radius 3 is 2.47 bits per heavy atom. The van der Waals surface area contributed by atoms with Crippen LogP contribution in [-0.2, 0) is 6.42 Å². The number of halogens is 2. The van der Waals surface area contributed by atoms with E-state index in [1.807, 2.05) is 18.2 Å². The standard InChI is InChI=1S/C14H21Cl2N/c1-10(2)17-9-14(3,4)8-11-7-12(15)5-6-13(11)16/h5-7,10,17H,8-9H2,1-4H3. The molecule has 1 rings (SSSR count). The molecule has 0 aromatic heterocycles. The van der Waals surface area contributed by atoms with Crippen molar-refractivity contribution in [3.05, 3.63) is 33.8 Å². The highest BCUT2D eigenvalue weighted by Gasteiger charge is 2.20. The molecule has 0 spiro atoms. The Kier molecular flexibility index (Phi) is 5.30. The molecule has 0 saturated heterocycles. The Labute approximate surface area is 115 Å². The Morgan fingerprint density at radius 1 is 1.24 bits per heavy atom. The Bertz CT molecular complexity index is 372. The van der Waals surface area contributed by atoms with Crippen molar-refractivity contribution in [2.24, 2.45) is 5.41 Å². The van der Waals surface area contributed by atoms with Crippen molar-refractivity contribution in [2.45, 2.75) is 40.2 Å². The molecular weight excluding hydrogens is 253 g/mol. The van der Waals surface area contributed by atoms with Gasteiger partial charge in [0, 0.05) is 22.6 Å². The molecule has 1 aromatic rings. The molecule has 0 bridgehead atoms. The molecule has 1 nitrogen and oxygen atoms in total. The van der Waals surface area contributed by atoms with Gasteiger partial charge in [-0.2, -0.15) is 0 Å². The molecule has 1 N–H and O–H groups in total. The molecular formula is C14H21Cl2N. The highest BCUT2D eigenvalue weighted by molar-refractivity contribution is 6.33. The average Bonchev–Trinajstić information content (AvgIpc) is 2.20. The summed E-state index contributed by atoms with van der Waals surface area (Å²) in [5, 5.41) is 5.01. The molecule has 0 fully saturated rings. The van der Waals surface area contributed by atoms with Gasteiger partial charge in [0.05, 0.1) is 0 Å². The van der Waals surface area contributed by atoms with Crippen LogP contribution >= 0.6 is 23.2 Å². The fourth-order valence-corrected chi connectivity index (χ4v) is 2.12. The van der Waals surface area contributed by atoms with Gasteiger partial charge >= 0.3 is 0 Å². The minimum Gasteiger partial charge on any atom is -0.314 e. The van der Waals surface area contributed by atoms with Crippen molar-refractivity contribution in [2.75, 3.05) is 6.54 Å². The third kappa shape index (κ3) is 5.29. The Hall–Kier alpha value is -0.240. The summed E-state index contributed by atoms with van der Waals surface area (Å²) in [6.45, 7) is 9.75. The van der Waals surface area contributed by atoms with Gasteiger partial charge in [0.25, 0.3) is 0 Å². The van der Waals surface area contributed by atoms with Crippen molar-refractivity contribution in [3.63, 3.8) is 0 Å². The molecule has 0 aliphatic carbocycles. The molecule has 0 aliphatic rings. The monoisotopic (exact) mass is 273 g/mol. The number of hydrogen-bond donors (Lipinski definition) is 1. The molecule has 0 heterocycles. The molecule has 0 amide bonds. The first-order chi connectivity index (χ1) is 7.80. The summed E-state index contributed by atoms with van der Waals surface area (Å²) in [4.78, 5) is 0. The van der Waals surface area contributed by atoms with Crippen LogP contribution in [0.25, 0.3) is 0 Å². The van der Waals surface area contributed by atoms with Gasteiger partial charge in [-0.15, -0.1) is 0 Å². The van der Waals surface area contributed by atoms with Crippen LogP contribution in [0, 0.1) is 5.41 Å². The van der Waals surface area contributed by atoms with E-state index in [1.54, 1.807) is 0 Å². The van der Waals surface area contributed by atoms with Crippen molar-refractivity contribution in [1.82, 2.24) is 5.32 Å². The quantitative estimate of drug-likeness (QED) is 0.830. The van der Waals surface area contributed by atoms with Gasteiger partial charge in [0.2, 0.25) is 0 Å². The summed E-state index contributed by atoms with van der Waals surface area (Å²) in [6, 6.07) is 6.16. The smallest absolute Gasteiger partial charge is 0.0439 e. The fraction of sp³-hybridized carbons (Fsp3) is 0.571. The predicted octanol–water partition coefficient (Wildman–Crippen LogP) is 4.56. The van der Waals surface area contributed by atoms with Gasteiger partial charge in [0.1, 0.15) is 0 Å². The van der Waals surface area contributed by atoms with Crippen LogP contribution in [0.2, 0.25) is 10.0 Å². The van der Waals surface area contributed by atoms with Gasteiger partial charge in [-0.25, -0.2) is 0 Å². The average molecular weight is 274 g/mol. The van der Waals surface area contributed by atoms with Crippen LogP contribution in [-0.4, -0.2) is 12.6 Å². The first kappa shape index (κ1) is 14.8. The summed E-state index contributed by atoms with van der Waals surface area (Å²) < 4.78 is 0. The zero-order valence-corrected chi connectivity index (χ0v) is 12.5. The number of hydrogen-bond acceptors (Lipinski definition) is 1. The second-order valence-corrected chi connectivity index (χ2v) is 6.46. The van der Waals surface area contributed by atoms with Gasteiger partial charge < -0.3 is 5.32 Å². The van der Waals surface area contributed by atoms with Crippen molar-refractivity contribution in [3.8, 4) is 0 Å². The lowest BCUT2D eigenvalue weighted by Gasteiger charge is -2.27. The van der Waals surface area contributed by atoms with E-state index in [1.165, 1.54) is 0 Å². The summed E-state index contributed by atoms with van der Waals surface area (Å²) in [6.07, 6.45) is 0.923. The molecule has 0 radical (unpaired) electrons. The number of benzene rings is 1. The van der Waals surface area contributed by atoms with E-state index >= 15 is 0 Å². The lowest BCUT2D eigenvalue weighted by atomic mass is 9.85. The molecule has 0 unspecified atom stereocenters. The van der Waals surface area contributed by atoms with E-state index in [0.29, 0.717) is 6.04 Å². The van der Waals surface area contributed by atoms with Crippen LogP contribution in [0.5, 0.6) is 0 Å². The summed E-state index contributed by atoms with van der Waals surface area (Å²) >= 11 is 12.2. The lowest BCUT2D eigenvalue weighted by molar-refractivity contribution is 0.326. The normalized spacial score (nSPS) is 12.2. The zero-order valence-electron chi connectivity index (χ0n) is 11.0. The molecule has 17 heavy (non-hydrogen) atoms. The maximum Gasteiger partial charge on any atom is 0.0439 e. The van der Waals surface area contributed by atoms with E-state index in [9.17, 15) is 0 Å². The largest absolute Gasteiger partial charge is 0.314 e. The maximum absolute atomic E-state index is 6.19. The molecule has 0 atom stereocenters. The molecule has 0 aliphatic heterocycles. The van der Waals surface area contributed by atoms with Crippen molar-refractivity contribution < 1.29 is 0 Å². The third-order valence-corrected chi connectivity index (χ3v) is 3.27. The minimum atomic E-state index is 0.165. The van der Waals surface area contributed by atoms with Crippen LogP contribution < -0.4 is 5.32 Å². The zero-order chi connectivity index (χ0) is 13.1. The molecule has 0 saturated carbocycles. The van der Waals surface area contributed by atoms with Gasteiger partial charge in [-0.1, -0.05) is 50.9 Å². The third-order valence-electron chi connectivity index (χ3n) is 2.67. The van der Waals surface area contributed by atoms with Crippen LogP contribution in [0.15, 0.2) is 18.2 Å². The summed E-state index contributed by atoms with van der Waals surface area (Å²) in [7, 11) is 0. The minimum absolute atomic E-state index is 0.165. The van der Waals surface area contributed by atoms with Crippen molar-refractivity contribution in [1.29, 1.82) is 0 Å². The Morgan fingerprint density at radius 2 is 1.88 bits per heavy atom. The first-order valence-electron chi connectivity index (χ1n) is 5.97. The number of nitrogens with one attached hydrogen (secondary N) is 1. The fourth-order valence-electron chi connectivity index (χ4n) is 1.74. The van der Waals surface area contributed by atoms with Gasteiger partial charge in [-0.05, 0) is 35.6 Å². The lowest BCUT2D eigenvalue weighted by Crippen LogP contribution is -2.35. The Balaban J connectivity index is 2.71. The first-order valence-corrected chi connectivity index (χ1v) is 6.73. The van der Waals surface area contributed by atoms with E-state index in [2.05, 4.69) is 33.0 Å². The van der Waals surface area contributed by atoms with E-state index in [0.717, 1.165) is 28.6 Å². The van der Waals surface area contributed by atoms with E-state index in [-0.39, 0.29) is 5.41 Å².